The molecular formula is C14H13ClN2O. The summed E-state index contributed by atoms with van der Waals surface area (Å²) in [7, 11) is 0. The van der Waals surface area contributed by atoms with Gasteiger partial charge in [0.05, 0.1) is 12.2 Å². The van der Waals surface area contributed by atoms with Gasteiger partial charge in [-0.2, -0.15) is 0 Å². The Morgan fingerprint density at radius 3 is 2.83 bits per heavy atom. The number of benzene rings is 1. The molecule has 18 heavy (non-hydrogen) atoms. The van der Waals surface area contributed by atoms with Crippen molar-refractivity contribution >= 4 is 22.5 Å². The van der Waals surface area contributed by atoms with E-state index >= 15 is 0 Å². The van der Waals surface area contributed by atoms with Gasteiger partial charge in [0.15, 0.2) is 0 Å². The molecule has 3 aromatic rings. The Balaban J connectivity index is 2.02. The molecule has 0 radical (unpaired) electrons. The van der Waals surface area contributed by atoms with E-state index in [1.165, 1.54) is 5.39 Å². The third-order valence-corrected chi connectivity index (χ3v) is 3.35. The van der Waals surface area contributed by atoms with Crippen LogP contribution < -0.4 is 0 Å². The maximum absolute atomic E-state index is 6.03. The van der Waals surface area contributed by atoms with E-state index in [0.717, 1.165) is 27.9 Å². The molecule has 4 heteroatoms. The fourth-order valence-electron chi connectivity index (χ4n) is 2.05. The molecule has 0 N–H and O–H groups in total. The molecule has 3 rings (SSSR count). The number of hydrogen-bond acceptors (Lipinski definition) is 2. The third kappa shape index (κ3) is 1.91. The summed E-state index contributed by atoms with van der Waals surface area (Å²) in [6.45, 7) is 4.50. The molecule has 0 aliphatic carbocycles. The van der Waals surface area contributed by atoms with Gasteiger partial charge in [0.1, 0.15) is 5.76 Å². The van der Waals surface area contributed by atoms with Gasteiger partial charge in [-0.3, -0.25) is 0 Å². The molecule has 0 spiro atoms. The highest BCUT2D eigenvalue weighted by Crippen LogP contribution is 2.21. The van der Waals surface area contributed by atoms with Gasteiger partial charge >= 0.3 is 0 Å². The Hall–Kier alpha value is -1.74. The van der Waals surface area contributed by atoms with E-state index in [9.17, 15) is 0 Å². The number of rotatable bonds is 2. The summed E-state index contributed by atoms with van der Waals surface area (Å²) in [5, 5.41) is 1.90. The van der Waals surface area contributed by atoms with E-state index in [4.69, 9.17) is 16.0 Å². The standard InChI is InChI=1S/C14H13ClN2O/c1-9-10(2)18-14(16-9)8-17-6-5-11-3-4-12(15)7-13(11)17/h3-7H,8H2,1-2H3. The van der Waals surface area contributed by atoms with Crippen LogP contribution in [0, 0.1) is 13.8 Å². The van der Waals surface area contributed by atoms with E-state index in [1.807, 2.05) is 38.2 Å². The molecule has 0 fully saturated rings. The van der Waals surface area contributed by atoms with Gasteiger partial charge in [0, 0.05) is 16.7 Å². The van der Waals surface area contributed by atoms with Crippen molar-refractivity contribution in [1.82, 2.24) is 9.55 Å². The summed E-state index contributed by atoms with van der Waals surface area (Å²) in [5.41, 5.74) is 2.04. The Kier molecular flexibility index (Phi) is 2.63. The third-order valence-electron chi connectivity index (χ3n) is 3.11. The first-order valence-electron chi connectivity index (χ1n) is 5.81. The Morgan fingerprint density at radius 1 is 1.28 bits per heavy atom. The summed E-state index contributed by atoms with van der Waals surface area (Å²) in [6, 6.07) is 7.93. The SMILES string of the molecule is Cc1nc(Cn2ccc3ccc(Cl)cc32)oc1C. The van der Waals surface area contributed by atoms with Crippen LogP contribution in [0.15, 0.2) is 34.9 Å². The Bertz CT molecular complexity index is 692. The smallest absolute Gasteiger partial charge is 0.214 e. The van der Waals surface area contributed by atoms with Crippen LogP contribution in [0.4, 0.5) is 0 Å². The zero-order chi connectivity index (χ0) is 12.7. The maximum Gasteiger partial charge on any atom is 0.214 e. The van der Waals surface area contributed by atoms with E-state index < -0.39 is 0 Å². The highest BCUT2D eigenvalue weighted by molar-refractivity contribution is 6.31. The van der Waals surface area contributed by atoms with Crippen molar-refractivity contribution in [3.05, 3.63) is 52.8 Å². The van der Waals surface area contributed by atoms with Crippen LogP contribution >= 0.6 is 11.6 Å². The molecule has 3 nitrogen and oxygen atoms in total. The minimum Gasteiger partial charge on any atom is -0.444 e. The normalized spacial score (nSPS) is 11.3. The number of hydrogen-bond donors (Lipinski definition) is 0. The molecule has 1 aromatic carbocycles. The van der Waals surface area contributed by atoms with Crippen molar-refractivity contribution < 1.29 is 4.42 Å². The number of halogens is 1. The van der Waals surface area contributed by atoms with E-state index in [2.05, 4.69) is 15.6 Å². The second-order valence-corrected chi connectivity index (χ2v) is 4.83. The molecule has 0 bridgehead atoms. The summed E-state index contributed by atoms with van der Waals surface area (Å²) in [4.78, 5) is 4.39. The fraction of sp³-hybridized carbons (Fsp3) is 0.214. The van der Waals surface area contributed by atoms with Gasteiger partial charge in [-0.05, 0) is 37.4 Å². The lowest BCUT2D eigenvalue weighted by molar-refractivity contribution is 0.459. The molecule has 0 atom stereocenters. The van der Waals surface area contributed by atoms with Crippen molar-refractivity contribution in [3.63, 3.8) is 0 Å². The minimum absolute atomic E-state index is 0.624. The lowest BCUT2D eigenvalue weighted by atomic mass is 10.2. The van der Waals surface area contributed by atoms with Crippen LogP contribution in [0.5, 0.6) is 0 Å². The molecule has 0 saturated carbocycles. The van der Waals surface area contributed by atoms with Crippen LogP contribution in [0.1, 0.15) is 17.3 Å². The van der Waals surface area contributed by atoms with Gasteiger partial charge in [0.2, 0.25) is 5.89 Å². The van der Waals surface area contributed by atoms with E-state index in [-0.39, 0.29) is 0 Å². The van der Waals surface area contributed by atoms with Gasteiger partial charge in [-0.25, -0.2) is 4.98 Å². The lowest BCUT2D eigenvalue weighted by Gasteiger charge is -2.02. The molecule has 0 saturated heterocycles. The fourth-order valence-corrected chi connectivity index (χ4v) is 2.21. The number of aromatic nitrogens is 2. The number of aryl methyl sites for hydroxylation is 2. The molecule has 2 heterocycles. The van der Waals surface area contributed by atoms with Crippen LogP contribution in [0.2, 0.25) is 5.02 Å². The van der Waals surface area contributed by atoms with Crippen molar-refractivity contribution in [1.29, 1.82) is 0 Å². The van der Waals surface area contributed by atoms with Gasteiger partial charge in [-0.1, -0.05) is 17.7 Å². The zero-order valence-electron chi connectivity index (χ0n) is 10.3. The average Bonchev–Trinajstić information content (AvgIpc) is 2.85. The topological polar surface area (TPSA) is 31.0 Å². The summed E-state index contributed by atoms with van der Waals surface area (Å²) in [6.07, 6.45) is 2.02. The van der Waals surface area contributed by atoms with Crippen LogP contribution in [0.25, 0.3) is 10.9 Å². The van der Waals surface area contributed by atoms with E-state index in [1.54, 1.807) is 0 Å². The minimum atomic E-state index is 0.624. The van der Waals surface area contributed by atoms with Crippen molar-refractivity contribution in [3.8, 4) is 0 Å². The number of fused-ring (bicyclic) bond motifs is 1. The van der Waals surface area contributed by atoms with E-state index in [0.29, 0.717) is 6.54 Å². The van der Waals surface area contributed by atoms with Crippen molar-refractivity contribution in [2.75, 3.05) is 0 Å². The second-order valence-electron chi connectivity index (χ2n) is 4.40. The van der Waals surface area contributed by atoms with Crippen molar-refractivity contribution in [2.45, 2.75) is 20.4 Å². The first kappa shape index (κ1) is 11.4. The average molecular weight is 261 g/mol. The molecule has 2 aromatic heterocycles. The van der Waals surface area contributed by atoms with Gasteiger partial charge in [-0.15, -0.1) is 0 Å². The maximum atomic E-state index is 6.03. The Labute approximate surface area is 110 Å². The van der Waals surface area contributed by atoms with Crippen LogP contribution in [-0.4, -0.2) is 9.55 Å². The zero-order valence-corrected chi connectivity index (χ0v) is 11.0. The lowest BCUT2D eigenvalue weighted by Crippen LogP contribution is -1.98. The van der Waals surface area contributed by atoms with Crippen LogP contribution in [-0.2, 0) is 6.54 Å². The molecule has 0 aliphatic heterocycles. The number of oxazole rings is 1. The molecule has 92 valence electrons. The summed E-state index contributed by atoms with van der Waals surface area (Å²) in [5.74, 6) is 1.60. The summed E-state index contributed by atoms with van der Waals surface area (Å²) < 4.78 is 7.69. The molecule has 0 unspecified atom stereocenters. The van der Waals surface area contributed by atoms with Gasteiger partial charge < -0.3 is 8.98 Å². The Morgan fingerprint density at radius 2 is 2.11 bits per heavy atom. The highest BCUT2D eigenvalue weighted by atomic mass is 35.5. The summed E-state index contributed by atoms with van der Waals surface area (Å²) >= 11 is 6.03. The van der Waals surface area contributed by atoms with Crippen LogP contribution in [0.3, 0.4) is 0 Å². The van der Waals surface area contributed by atoms with Gasteiger partial charge in [0.25, 0.3) is 0 Å². The predicted molar refractivity (Wildman–Crippen MR) is 72.0 cm³/mol. The largest absolute Gasteiger partial charge is 0.444 e. The quantitative estimate of drug-likeness (QED) is 0.699. The number of nitrogens with zero attached hydrogens (tertiary/aromatic N) is 2. The monoisotopic (exact) mass is 260 g/mol. The van der Waals surface area contributed by atoms with Crippen molar-refractivity contribution in [2.24, 2.45) is 0 Å². The highest BCUT2D eigenvalue weighted by Gasteiger charge is 2.08. The first-order valence-corrected chi connectivity index (χ1v) is 6.18. The molecule has 0 amide bonds. The first-order chi connectivity index (χ1) is 8.63. The predicted octanol–water partition coefficient (Wildman–Crippen LogP) is 3.95. The molecule has 0 aliphatic rings. The second kappa shape index (κ2) is 4.18. The molecular weight excluding hydrogens is 248 g/mol.